The van der Waals surface area contributed by atoms with Crippen molar-refractivity contribution in [3.63, 3.8) is 0 Å². The van der Waals surface area contributed by atoms with Crippen LogP contribution in [0.4, 0.5) is 0 Å². The smallest absolute Gasteiger partial charge is 0.332 e. The van der Waals surface area contributed by atoms with Crippen molar-refractivity contribution in [1.29, 1.82) is 0 Å². The molecule has 1 aliphatic rings. The van der Waals surface area contributed by atoms with Crippen molar-refractivity contribution in [2.24, 2.45) is 14.1 Å². The van der Waals surface area contributed by atoms with Gasteiger partial charge in [0.25, 0.3) is 5.56 Å². The summed E-state index contributed by atoms with van der Waals surface area (Å²) in [4.78, 5) is 53.6. The molecule has 2 aromatic rings. The second-order valence-corrected chi connectivity index (χ2v) is 4.72. The van der Waals surface area contributed by atoms with E-state index in [1.54, 1.807) is 0 Å². The van der Waals surface area contributed by atoms with E-state index in [-0.39, 0.29) is 29.3 Å². The first kappa shape index (κ1) is 12.5. The highest BCUT2D eigenvalue weighted by Gasteiger charge is 2.37. The first-order valence-electron chi connectivity index (χ1n) is 6.01. The van der Waals surface area contributed by atoms with E-state index in [1.807, 2.05) is 0 Å². The molecule has 1 radical (unpaired) electrons. The highest BCUT2D eigenvalue weighted by molar-refractivity contribution is 6.45. The third-order valence-electron chi connectivity index (χ3n) is 3.51. The number of ketones is 2. The maximum absolute atomic E-state index is 12.0. The molecule has 8 nitrogen and oxygen atoms in total. The van der Waals surface area contributed by atoms with Crippen LogP contribution < -0.4 is 11.2 Å². The summed E-state index contributed by atoms with van der Waals surface area (Å²) in [6, 6.07) is 0. The summed E-state index contributed by atoms with van der Waals surface area (Å²) in [5.74, 6) is -0.581. The number of carbonyl (C=O) groups excluding carboxylic acids is 2. The minimum absolute atomic E-state index is 0.143. The molecule has 0 unspecified atom stereocenters. The summed E-state index contributed by atoms with van der Waals surface area (Å²) < 4.78 is 2.18. The lowest BCUT2D eigenvalue weighted by atomic mass is 10.1. The summed E-state index contributed by atoms with van der Waals surface area (Å²) in [7, 11) is 2.85. The number of imidazole rings is 1. The number of H-pyrrole nitrogens is 1. The van der Waals surface area contributed by atoms with Gasteiger partial charge in [-0.2, -0.15) is 0 Å². The SMILES string of the molecule is Cn1c(=O)c2[nH]c([C]3CCC(=O)C3=O)nc2n(C)c1=O. The minimum atomic E-state index is -0.578. The van der Waals surface area contributed by atoms with E-state index in [2.05, 4.69) is 9.97 Å². The van der Waals surface area contributed by atoms with Crippen LogP contribution in [0.25, 0.3) is 11.2 Å². The number of carbonyl (C=O) groups is 2. The number of hydrogen-bond acceptors (Lipinski definition) is 5. The van der Waals surface area contributed by atoms with Crippen LogP contribution in [0, 0.1) is 5.92 Å². The number of hydrogen-bond donors (Lipinski definition) is 1. The fourth-order valence-electron chi connectivity index (χ4n) is 2.33. The molecular formula is C12H11N4O4. The van der Waals surface area contributed by atoms with Crippen LogP contribution in [0.5, 0.6) is 0 Å². The summed E-state index contributed by atoms with van der Waals surface area (Å²) in [6.45, 7) is 0. The first-order valence-corrected chi connectivity index (χ1v) is 6.01. The Hall–Kier alpha value is -2.51. The molecule has 1 aliphatic carbocycles. The molecule has 8 heteroatoms. The van der Waals surface area contributed by atoms with E-state index in [4.69, 9.17) is 0 Å². The molecule has 0 spiro atoms. The van der Waals surface area contributed by atoms with Gasteiger partial charge in [0.2, 0.25) is 5.78 Å². The second kappa shape index (κ2) is 3.99. The fourth-order valence-corrected chi connectivity index (χ4v) is 2.33. The number of rotatable bonds is 1. The maximum Gasteiger partial charge on any atom is 0.332 e. The Morgan fingerprint density at radius 3 is 2.35 bits per heavy atom. The summed E-state index contributed by atoms with van der Waals surface area (Å²) in [5, 5.41) is 0. The number of nitrogens with zero attached hydrogens (tertiary/aromatic N) is 3. The molecule has 103 valence electrons. The van der Waals surface area contributed by atoms with Crippen LogP contribution in [-0.2, 0) is 23.7 Å². The molecule has 0 bridgehead atoms. The Morgan fingerprint density at radius 1 is 1.05 bits per heavy atom. The number of Topliss-reactive ketones (excluding diaryl/α,β-unsaturated/α-hetero) is 2. The van der Waals surface area contributed by atoms with Gasteiger partial charge in [-0.25, -0.2) is 9.78 Å². The molecule has 2 heterocycles. The van der Waals surface area contributed by atoms with Gasteiger partial charge in [0.15, 0.2) is 11.4 Å². The van der Waals surface area contributed by atoms with Crippen LogP contribution in [-0.4, -0.2) is 30.7 Å². The number of aromatic amines is 1. The Balaban J connectivity index is 2.27. The van der Waals surface area contributed by atoms with Gasteiger partial charge in [-0.3, -0.25) is 23.5 Å². The molecule has 0 aliphatic heterocycles. The lowest BCUT2D eigenvalue weighted by molar-refractivity contribution is -0.133. The molecule has 0 saturated heterocycles. The van der Waals surface area contributed by atoms with E-state index in [1.165, 1.54) is 18.7 Å². The Morgan fingerprint density at radius 2 is 1.75 bits per heavy atom. The highest BCUT2D eigenvalue weighted by Crippen LogP contribution is 2.26. The molecule has 0 atom stereocenters. The van der Waals surface area contributed by atoms with E-state index in [9.17, 15) is 19.2 Å². The van der Waals surface area contributed by atoms with Gasteiger partial charge in [-0.15, -0.1) is 0 Å². The zero-order valence-electron chi connectivity index (χ0n) is 10.9. The third-order valence-corrected chi connectivity index (χ3v) is 3.51. The second-order valence-electron chi connectivity index (χ2n) is 4.72. The summed E-state index contributed by atoms with van der Waals surface area (Å²) >= 11 is 0. The Bertz CT molecular complexity index is 870. The number of aromatic nitrogens is 4. The first-order chi connectivity index (χ1) is 9.41. The monoisotopic (exact) mass is 275 g/mol. The molecule has 0 amide bonds. The van der Waals surface area contributed by atoms with Crippen LogP contribution >= 0.6 is 0 Å². The lowest BCUT2D eigenvalue weighted by Crippen LogP contribution is -2.36. The van der Waals surface area contributed by atoms with Crippen molar-refractivity contribution >= 4 is 22.7 Å². The predicted molar refractivity (Wildman–Crippen MR) is 68.2 cm³/mol. The van der Waals surface area contributed by atoms with Crippen LogP contribution in [0.15, 0.2) is 9.59 Å². The average Bonchev–Trinajstić information content (AvgIpc) is 3.00. The predicted octanol–water partition coefficient (Wildman–Crippen LogP) is -1.19. The number of fused-ring (bicyclic) bond motifs is 1. The van der Waals surface area contributed by atoms with E-state index in [0.29, 0.717) is 6.42 Å². The van der Waals surface area contributed by atoms with Crippen molar-refractivity contribution in [2.75, 3.05) is 0 Å². The van der Waals surface area contributed by atoms with Crippen molar-refractivity contribution in [2.45, 2.75) is 12.8 Å². The normalized spacial score (nSPS) is 16.5. The van der Waals surface area contributed by atoms with Crippen molar-refractivity contribution in [3.8, 4) is 0 Å². The molecule has 3 rings (SSSR count). The van der Waals surface area contributed by atoms with Gasteiger partial charge in [0, 0.05) is 20.5 Å². The summed E-state index contributed by atoms with van der Waals surface area (Å²) in [5.41, 5.74) is -0.699. The minimum Gasteiger partial charge on any atom is -0.335 e. The maximum atomic E-state index is 12.0. The van der Waals surface area contributed by atoms with Gasteiger partial charge in [-0.05, 0) is 6.42 Å². The van der Waals surface area contributed by atoms with Crippen LogP contribution in [0.3, 0.4) is 0 Å². The molecule has 20 heavy (non-hydrogen) atoms. The largest absolute Gasteiger partial charge is 0.335 e. The van der Waals surface area contributed by atoms with Crippen molar-refractivity contribution in [3.05, 3.63) is 32.6 Å². The van der Waals surface area contributed by atoms with E-state index >= 15 is 0 Å². The number of aryl methyl sites for hydroxylation is 1. The van der Waals surface area contributed by atoms with Crippen molar-refractivity contribution in [1.82, 2.24) is 19.1 Å². The van der Waals surface area contributed by atoms with Gasteiger partial charge in [0.05, 0.1) is 0 Å². The number of nitrogens with one attached hydrogen (secondary N) is 1. The molecular weight excluding hydrogens is 264 g/mol. The zero-order chi connectivity index (χ0) is 14.6. The lowest BCUT2D eigenvalue weighted by Gasteiger charge is -2.00. The molecule has 0 aromatic carbocycles. The van der Waals surface area contributed by atoms with Crippen LogP contribution in [0.2, 0.25) is 0 Å². The van der Waals surface area contributed by atoms with Crippen molar-refractivity contribution < 1.29 is 9.59 Å². The average molecular weight is 275 g/mol. The van der Waals surface area contributed by atoms with Gasteiger partial charge >= 0.3 is 5.69 Å². The zero-order valence-corrected chi connectivity index (χ0v) is 10.9. The Labute approximate surface area is 112 Å². The van der Waals surface area contributed by atoms with E-state index in [0.717, 1.165) is 4.57 Å². The van der Waals surface area contributed by atoms with Gasteiger partial charge < -0.3 is 4.98 Å². The van der Waals surface area contributed by atoms with Crippen LogP contribution in [0.1, 0.15) is 18.7 Å². The third kappa shape index (κ3) is 1.50. The molecule has 1 saturated carbocycles. The quantitative estimate of drug-likeness (QED) is 0.659. The van der Waals surface area contributed by atoms with Gasteiger partial charge in [0.1, 0.15) is 17.3 Å². The van der Waals surface area contributed by atoms with Gasteiger partial charge in [-0.1, -0.05) is 0 Å². The molecule has 2 aromatic heterocycles. The molecule has 1 fully saturated rings. The standard InChI is InChI=1S/C12H11N4O4/c1-15-10-7(11(19)16(2)12(15)20)13-9(14-10)5-3-4-6(17)8(5)18/h3-4H2,1-2H3,(H,13,14). The topological polar surface area (TPSA) is 107 Å². The molecule has 1 N–H and O–H groups in total. The Kier molecular flexibility index (Phi) is 2.50. The highest BCUT2D eigenvalue weighted by atomic mass is 16.2. The van der Waals surface area contributed by atoms with E-state index < -0.39 is 22.8 Å². The summed E-state index contributed by atoms with van der Waals surface area (Å²) in [6.07, 6.45) is 0.452. The fraction of sp³-hybridized carbons (Fsp3) is 0.333.